The van der Waals surface area contributed by atoms with Crippen molar-refractivity contribution >= 4 is 11.8 Å². The van der Waals surface area contributed by atoms with Crippen molar-refractivity contribution in [2.75, 3.05) is 0 Å². The van der Waals surface area contributed by atoms with E-state index in [0.717, 1.165) is 31.7 Å². The number of nitrogens with two attached hydrogens (primary N) is 1. The van der Waals surface area contributed by atoms with Gasteiger partial charge in [-0.1, -0.05) is 31.7 Å². The minimum Gasteiger partial charge on any atom is -0.368 e. The van der Waals surface area contributed by atoms with Crippen LogP contribution in [0.15, 0.2) is 18.2 Å². The van der Waals surface area contributed by atoms with Gasteiger partial charge in [0.05, 0.1) is 5.56 Å². The second-order valence-electron chi connectivity index (χ2n) is 6.57. The normalized spacial score (nSPS) is 19.6. The lowest BCUT2D eigenvalue weighted by Gasteiger charge is -2.27. The topological polar surface area (TPSA) is 63.4 Å². The Hall–Kier alpha value is -2.05. The number of amides is 2. The lowest BCUT2D eigenvalue weighted by atomic mass is 9.97. The van der Waals surface area contributed by atoms with Crippen LogP contribution >= 0.6 is 0 Å². The SMILES string of the molecule is NC(=O)[C@H](CC1CCCC1)N1Cc2c(cccc2C(F)(F)F)C1=O. The molecule has 7 heteroatoms. The monoisotopic (exact) mass is 340 g/mol. The predicted octanol–water partition coefficient (Wildman–Crippen LogP) is 3.10. The van der Waals surface area contributed by atoms with Crippen molar-refractivity contribution in [1.82, 2.24) is 4.90 Å². The molecule has 1 atom stereocenters. The number of alkyl halides is 3. The molecular weight excluding hydrogens is 321 g/mol. The van der Waals surface area contributed by atoms with Crippen molar-refractivity contribution < 1.29 is 22.8 Å². The predicted molar refractivity (Wildman–Crippen MR) is 80.9 cm³/mol. The molecule has 1 heterocycles. The van der Waals surface area contributed by atoms with Crippen LogP contribution in [-0.4, -0.2) is 22.8 Å². The van der Waals surface area contributed by atoms with Gasteiger partial charge >= 0.3 is 6.18 Å². The smallest absolute Gasteiger partial charge is 0.368 e. The maximum atomic E-state index is 13.2. The van der Waals surface area contributed by atoms with Gasteiger partial charge in [-0.05, 0) is 30.0 Å². The van der Waals surface area contributed by atoms with Crippen molar-refractivity contribution in [2.45, 2.75) is 50.9 Å². The number of primary amides is 1. The molecule has 1 aliphatic heterocycles. The first-order valence-electron chi connectivity index (χ1n) is 8.08. The fraction of sp³-hybridized carbons (Fsp3) is 0.529. The zero-order valence-electron chi connectivity index (χ0n) is 13.1. The van der Waals surface area contributed by atoms with E-state index in [1.54, 1.807) is 0 Å². The van der Waals surface area contributed by atoms with Gasteiger partial charge in [0, 0.05) is 12.1 Å². The molecule has 0 unspecified atom stereocenters. The van der Waals surface area contributed by atoms with Crippen molar-refractivity contribution in [3.63, 3.8) is 0 Å². The number of hydrogen-bond acceptors (Lipinski definition) is 2. The van der Waals surface area contributed by atoms with Crippen LogP contribution in [0.3, 0.4) is 0 Å². The minimum absolute atomic E-state index is 0.0162. The minimum atomic E-state index is -4.53. The molecule has 4 nitrogen and oxygen atoms in total. The quantitative estimate of drug-likeness (QED) is 0.915. The van der Waals surface area contributed by atoms with E-state index in [0.29, 0.717) is 12.3 Å². The van der Waals surface area contributed by atoms with E-state index in [2.05, 4.69) is 0 Å². The molecule has 0 saturated heterocycles. The number of carbonyl (C=O) groups is 2. The maximum absolute atomic E-state index is 13.2. The second-order valence-corrected chi connectivity index (χ2v) is 6.57. The molecule has 2 aliphatic rings. The van der Waals surface area contributed by atoms with Crippen LogP contribution in [0.25, 0.3) is 0 Å². The number of halogens is 3. The summed E-state index contributed by atoms with van der Waals surface area (Å²) in [4.78, 5) is 25.6. The highest BCUT2D eigenvalue weighted by molar-refractivity contribution is 6.01. The maximum Gasteiger partial charge on any atom is 0.416 e. The number of benzene rings is 1. The summed E-state index contributed by atoms with van der Waals surface area (Å²) < 4.78 is 39.5. The summed E-state index contributed by atoms with van der Waals surface area (Å²) >= 11 is 0. The fourth-order valence-electron chi connectivity index (χ4n) is 3.83. The number of nitrogens with zero attached hydrogens (tertiary/aromatic N) is 1. The molecule has 24 heavy (non-hydrogen) atoms. The van der Waals surface area contributed by atoms with Gasteiger partial charge < -0.3 is 10.6 Å². The molecule has 2 N–H and O–H groups in total. The molecular formula is C17H19F3N2O2. The Labute approximate surface area is 137 Å². The van der Waals surface area contributed by atoms with Gasteiger partial charge in [0.25, 0.3) is 5.91 Å². The van der Waals surface area contributed by atoms with E-state index in [1.807, 2.05) is 0 Å². The van der Waals surface area contributed by atoms with Gasteiger partial charge in [0.1, 0.15) is 6.04 Å². The van der Waals surface area contributed by atoms with Crippen molar-refractivity contribution in [1.29, 1.82) is 0 Å². The zero-order valence-corrected chi connectivity index (χ0v) is 13.1. The molecule has 3 rings (SSSR count). The third-order valence-electron chi connectivity index (χ3n) is 5.04. The highest BCUT2D eigenvalue weighted by Crippen LogP contribution is 2.38. The number of carbonyl (C=O) groups excluding carboxylic acids is 2. The Balaban J connectivity index is 1.89. The Morgan fingerprint density at radius 2 is 1.96 bits per heavy atom. The van der Waals surface area contributed by atoms with E-state index in [-0.39, 0.29) is 17.7 Å². The Morgan fingerprint density at radius 3 is 2.54 bits per heavy atom. The average Bonchev–Trinajstić information content (AvgIpc) is 3.12. The Morgan fingerprint density at radius 1 is 1.29 bits per heavy atom. The highest BCUT2D eigenvalue weighted by Gasteiger charge is 2.42. The van der Waals surface area contributed by atoms with Crippen LogP contribution in [-0.2, 0) is 17.5 Å². The molecule has 1 aromatic rings. The lowest BCUT2D eigenvalue weighted by molar-refractivity contribution is -0.138. The summed E-state index contributed by atoms with van der Waals surface area (Å²) in [6.07, 6.45) is -0.0318. The van der Waals surface area contributed by atoms with Gasteiger partial charge in [-0.2, -0.15) is 13.2 Å². The van der Waals surface area contributed by atoms with E-state index in [4.69, 9.17) is 5.73 Å². The summed E-state index contributed by atoms with van der Waals surface area (Å²) in [5.74, 6) is -0.907. The van der Waals surface area contributed by atoms with Gasteiger partial charge in [-0.15, -0.1) is 0 Å². The van der Waals surface area contributed by atoms with Crippen LogP contribution in [0.1, 0.15) is 53.6 Å². The molecule has 2 amide bonds. The van der Waals surface area contributed by atoms with Gasteiger partial charge in [-0.25, -0.2) is 0 Å². The second kappa shape index (κ2) is 6.11. The third kappa shape index (κ3) is 2.99. The lowest BCUT2D eigenvalue weighted by Crippen LogP contribution is -2.45. The standard InChI is InChI=1S/C17H19F3N2O2/c18-17(19,20)13-7-3-6-11-12(13)9-22(16(11)24)14(15(21)23)8-10-4-1-2-5-10/h3,6-7,10,14H,1-2,4-5,8-9H2,(H2,21,23)/t14-/m0/s1. The summed E-state index contributed by atoms with van der Waals surface area (Å²) in [6.45, 7) is -0.218. The van der Waals surface area contributed by atoms with Gasteiger partial charge in [0.2, 0.25) is 5.91 Å². The van der Waals surface area contributed by atoms with Crippen molar-refractivity contribution in [3.05, 3.63) is 34.9 Å². The molecule has 1 aromatic carbocycles. The number of rotatable bonds is 4. The van der Waals surface area contributed by atoms with Crippen LogP contribution in [0.5, 0.6) is 0 Å². The molecule has 0 radical (unpaired) electrons. The summed E-state index contributed by atoms with van der Waals surface area (Å²) in [5.41, 5.74) is 4.59. The van der Waals surface area contributed by atoms with Crippen molar-refractivity contribution in [2.24, 2.45) is 11.7 Å². The first-order chi connectivity index (χ1) is 11.3. The summed E-state index contributed by atoms with van der Waals surface area (Å²) in [6, 6.07) is 2.71. The largest absolute Gasteiger partial charge is 0.416 e. The molecule has 0 aromatic heterocycles. The fourth-order valence-corrected chi connectivity index (χ4v) is 3.83. The first kappa shape index (κ1) is 16.8. The molecule has 1 saturated carbocycles. The first-order valence-corrected chi connectivity index (χ1v) is 8.08. The Bertz CT molecular complexity index is 666. The van der Waals surface area contributed by atoms with Crippen LogP contribution in [0, 0.1) is 5.92 Å². The molecule has 130 valence electrons. The van der Waals surface area contributed by atoms with E-state index < -0.39 is 29.6 Å². The Kier molecular flexibility index (Phi) is 4.27. The van der Waals surface area contributed by atoms with Crippen LogP contribution in [0.4, 0.5) is 13.2 Å². The van der Waals surface area contributed by atoms with Crippen molar-refractivity contribution in [3.8, 4) is 0 Å². The van der Waals surface area contributed by atoms with Crippen LogP contribution < -0.4 is 5.73 Å². The third-order valence-corrected chi connectivity index (χ3v) is 5.04. The molecule has 0 spiro atoms. The van der Waals surface area contributed by atoms with Gasteiger partial charge in [0.15, 0.2) is 0 Å². The summed E-state index contributed by atoms with van der Waals surface area (Å²) in [7, 11) is 0. The molecule has 1 fully saturated rings. The number of fused-ring (bicyclic) bond motifs is 1. The van der Waals surface area contributed by atoms with E-state index in [9.17, 15) is 22.8 Å². The van der Waals surface area contributed by atoms with E-state index in [1.165, 1.54) is 17.0 Å². The van der Waals surface area contributed by atoms with Gasteiger partial charge in [-0.3, -0.25) is 9.59 Å². The summed E-state index contributed by atoms with van der Waals surface area (Å²) in [5, 5.41) is 0. The molecule has 0 bridgehead atoms. The highest BCUT2D eigenvalue weighted by atomic mass is 19.4. The van der Waals surface area contributed by atoms with Crippen LogP contribution in [0.2, 0.25) is 0 Å². The number of hydrogen-bond donors (Lipinski definition) is 1. The van der Waals surface area contributed by atoms with E-state index >= 15 is 0 Å². The zero-order chi connectivity index (χ0) is 17.5. The average molecular weight is 340 g/mol. The molecule has 1 aliphatic carbocycles.